The normalized spacial score (nSPS) is 16.4. The van der Waals surface area contributed by atoms with Gasteiger partial charge in [-0.1, -0.05) is 24.3 Å². The fraction of sp³-hybridized carbons (Fsp3) is 0.250. The number of amides is 1. The molecule has 0 bridgehead atoms. The molecule has 1 amide bonds. The zero-order valence-corrected chi connectivity index (χ0v) is 17.0. The number of rotatable bonds is 5. The smallest absolute Gasteiger partial charge is 0.269 e. The number of carbonyl (C=O) groups is 1. The second kappa shape index (κ2) is 7.46. The highest BCUT2D eigenvalue weighted by Gasteiger charge is 2.16. The highest BCUT2D eigenvalue weighted by molar-refractivity contribution is 5.91. The molecule has 2 aromatic heterocycles. The average Bonchev–Trinajstić information content (AvgIpc) is 3.49. The predicted octanol–water partition coefficient (Wildman–Crippen LogP) is 3.36. The van der Waals surface area contributed by atoms with Crippen molar-refractivity contribution in [3.8, 4) is 5.69 Å². The van der Waals surface area contributed by atoms with Crippen molar-refractivity contribution in [3.63, 3.8) is 0 Å². The summed E-state index contributed by atoms with van der Waals surface area (Å²) in [6, 6.07) is 19.1. The summed E-state index contributed by atoms with van der Waals surface area (Å²) in [6.07, 6.45) is 3.34. The number of fused-ring (bicyclic) bond motifs is 1. The summed E-state index contributed by atoms with van der Waals surface area (Å²) in [7, 11) is 0. The Morgan fingerprint density at radius 1 is 1.17 bits per heavy atom. The van der Waals surface area contributed by atoms with Crippen molar-refractivity contribution in [1.82, 2.24) is 19.7 Å². The summed E-state index contributed by atoms with van der Waals surface area (Å²) < 4.78 is 4.02. The lowest BCUT2D eigenvalue weighted by atomic mass is 9.97. The van der Waals surface area contributed by atoms with Crippen molar-refractivity contribution >= 4 is 16.8 Å². The van der Waals surface area contributed by atoms with Crippen molar-refractivity contribution in [2.75, 3.05) is 13.1 Å². The van der Waals surface area contributed by atoms with Crippen molar-refractivity contribution in [2.45, 2.75) is 25.8 Å². The Morgan fingerprint density at radius 3 is 2.70 bits per heavy atom. The average molecular weight is 399 g/mol. The molecule has 6 nitrogen and oxygen atoms in total. The molecule has 0 aliphatic carbocycles. The van der Waals surface area contributed by atoms with Crippen LogP contribution in [0.25, 0.3) is 16.6 Å². The molecular formula is C24H25N5O. The van der Waals surface area contributed by atoms with E-state index in [0.717, 1.165) is 36.4 Å². The van der Waals surface area contributed by atoms with Gasteiger partial charge in [0.25, 0.3) is 5.91 Å². The number of primary amides is 1. The van der Waals surface area contributed by atoms with Gasteiger partial charge in [0, 0.05) is 35.9 Å². The molecule has 1 unspecified atom stereocenters. The summed E-state index contributed by atoms with van der Waals surface area (Å²) in [6.45, 7) is 4.95. The minimum atomic E-state index is -0.515. The maximum Gasteiger partial charge on any atom is 0.269 e. The summed E-state index contributed by atoms with van der Waals surface area (Å²) in [4.78, 5) is 11.4. The van der Waals surface area contributed by atoms with Crippen LogP contribution in [0.1, 0.15) is 39.6 Å². The second-order valence-electron chi connectivity index (χ2n) is 8.07. The van der Waals surface area contributed by atoms with Crippen LogP contribution >= 0.6 is 0 Å². The number of benzene rings is 2. The van der Waals surface area contributed by atoms with Crippen LogP contribution < -0.4 is 11.1 Å². The first-order valence-electron chi connectivity index (χ1n) is 10.3. The summed E-state index contributed by atoms with van der Waals surface area (Å²) in [5, 5.41) is 8.90. The second-order valence-corrected chi connectivity index (χ2v) is 8.07. The number of hydrogen-bond donors (Lipinski definition) is 2. The minimum Gasteiger partial charge on any atom is -0.364 e. The lowest BCUT2D eigenvalue weighted by Gasteiger charge is -2.11. The van der Waals surface area contributed by atoms with Crippen LogP contribution in [0.2, 0.25) is 0 Å². The molecule has 2 aromatic carbocycles. The van der Waals surface area contributed by atoms with Crippen LogP contribution in [0.15, 0.2) is 60.8 Å². The quantitative estimate of drug-likeness (QED) is 0.540. The minimum absolute atomic E-state index is 0.280. The fourth-order valence-corrected chi connectivity index (χ4v) is 4.34. The molecule has 1 atom stereocenters. The molecule has 0 radical (unpaired) electrons. The van der Waals surface area contributed by atoms with E-state index in [0.29, 0.717) is 5.92 Å². The van der Waals surface area contributed by atoms with E-state index in [1.54, 1.807) is 10.7 Å². The molecule has 1 fully saturated rings. The number of nitrogens with one attached hydrogen (secondary N) is 1. The first-order valence-corrected chi connectivity index (χ1v) is 10.3. The zero-order chi connectivity index (χ0) is 20.7. The Bertz CT molecular complexity index is 1210. The zero-order valence-electron chi connectivity index (χ0n) is 17.0. The third-order valence-electron chi connectivity index (χ3n) is 6.00. The van der Waals surface area contributed by atoms with Gasteiger partial charge >= 0.3 is 0 Å². The van der Waals surface area contributed by atoms with E-state index in [2.05, 4.69) is 63.6 Å². The number of nitrogens with zero attached hydrogens (tertiary/aromatic N) is 3. The van der Waals surface area contributed by atoms with E-state index in [4.69, 9.17) is 5.73 Å². The number of hydrogen-bond acceptors (Lipinski definition) is 3. The largest absolute Gasteiger partial charge is 0.364 e. The molecule has 0 spiro atoms. The molecule has 1 aliphatic rings. The maximum absolute atomic E-state index is 11.4. The van der Waals surface area contributed by atoms with E-state index >= 15 is 0 Å². The standard InChI is InChI=1S/C24H25N5O/c1-16-12-22(24(25)30)27-29(16)21-6-7-23-19(13-21)9-11-28(23)15-17-2-4-18(5-3-17)20-8-10-26-14-20/h2-7,9,11-13,20,26H,8,10,14-15H2,1H3,(H2,25,30). The van der Waals surface area contributed by atoms with Crippen molar-refractivity contribution in [1.29, 1.82) is 0 Å². The van der Waals surface area contributed by atoms with Gasteiger partial charge in [0.2, 0.25) is 0 Å². The summed E-state index contributed by atoms with van der Waals surface area (Å²) in [5.41, 5.74) is 11.3. The maximum atomic E-state index is 11.4. The Morgan fingerprint density at radius 2 is 2.00 bits per heavy atom. The Labute approximate surface area is 175 Å². The summed E-state index contributed by atoms with van der Waals surface area (Å²) in [5.74, 6) is 0.130. The fourth-order valence-electron chi connectivity index (χ4n) is 4.34. The van der Waals surface area contributed by atoms with Crippen LogP contribution in [0, 0.1) is 6.92 Å². The summed E-state index contributed by atoms with van der Waals surface area (Å²) >= 11 is 0. The molecule has 5 rings (SSSR count). The lowest BCUT2D eigenvalue weighted by Crippen LogP contribution is -2.12. The molecule has 30 heavy (non-hydrogen) atoms. The molecule has 1 aliphatic heterocycles. The van der Waals surface area contributed by atoms with Crippen LogP contribution in [0.3, 0.4) is 0 Å². The Balaban J connectivity index is 1.39. The van der Waals surface area contributed by atoms with Gasteiger partial charge in [-0.15, -0.1) is 0 Å². The number of nitrogens with two attached hydrogens (primary N) is 1. The van der Waals surface area contributed by atoms with Crippen LogP contribution in [-0.2, 0) is 6.54 Å². The van der Waals surface area contributed by atoms with Crippen LogP contribution in [0.4, 0.5) is 0 Å². The van der Waals surface area contributed by atoms with Crippen LogP contribution in [-0.4, -0.2) is 33.3 Å². The SMILES string of the molecule is Cc1cc(C(N)=O)nn1-c1ccc2c(ccn2Cc2ccc(C3CCNC3)cc2)c1. The van der Waals surface area contributed by atoms with Crippen molar-refractivity contribution in [2.24, 2.45) is 5.73 Å². The Kier molecular flexibility index (Phi) is 4.64. The highest BCUT2D eigenvalue weighted by Crippen LogP contribution is 2.24. The third kappa shape index (κ3) is 3.39. The van der Waals surface area contributed by atoms with Gasteiger partial charge in [-0.05, 0) is 67.3 Å². The lowest BCUT2D eigenvalue weighted by molar-refractivity contribution is 0.0995. The highest BCUT2D eigenvalue weighted by atomic mass is 16.1. The predicted molar refractivity (Wildman–Crippen MR) is 118 cm³/mol. The van der Waals surface area contributed by atoms with Gasteiger partial charge in [-0.25, -0.2) is 4.68 Å². The van der Waals surface area contributed by atoms with Gasteiger partial charge in [0.1, 0.15) is 0 Å². The van der Waals surface area contributed by atoms with Crippen molar-refractivity contribution < 1.29 is 4.79 Å². The number of aryl methyl sites for hydroxylation is 1. The monoisotopic (exact) mass is 399 g/mol. The Hall–Kier alpha value is -3.38. The topological polar surface area (TPSA) is 77.9 Å². The van der Waals surface area contributed by atoms with Gasteiger partial charge in [-0.2, -0.15) is 5.10 Å². The van der Waals surface area contributed by atoms with Crippen molar-refractivity contribution in [3.05, 3.63) is 83.3 Å². The molecule has 4 aromatic rings. The van der Waals surface area contributed by atoms with Gasteiger partial charge in [0.05, 0.1) is 5.69 Å². The first-order chi connectivity index (χ1) is 14.6. The van der Waals surface area contributed by atoms with Gasteiger partial charge in [0.15, 0.2) is 5.69 Å². The number of carbonyl (C=O) groups excluding carboxylic acids is 1. The third-order valence-corrected chi connectivity index (χ3v) is 6.00. The molecular weight excluding hydrogens is 374 g/mol. The van der Waals surface area contributed by atoms with E-state index in [1.807, 2.05) is 13.0 Å². The van der Waals surface area contributed by atoms with E-state index < -0.39 is 5.91 Å². The van der Waals surface area contributed by atoms with Gasteiger partial charge < -0.3 is 15.6 Å². The number of aromatic nitrogens is 3. The molecule has 1 saturated heterocycles. The van der Waals surface area contributed by atoms with Crippen LogP contribution in [0.5, 0.6) is 0 Å². The molecule has 3 N–H and O–H groups in total. The van der Waals surface area contributed by atoms with E-state index in [1.165, 1.54) is 23.1 Å². The van der Waals surface area contributed by atoms with E-state index in [9.17, 15) is 4.79 Å². The first kappa shape index (κ1) is 18.6. The van der Waals surface area contributed by atoms with E-state index in [-0.39, 0.29) is 5.69 Å². The molecule has 6 heteroatoms. The molecule has 3 heterocycles. The van der Waals surface area contributed by atoms with Gasteiger partial charge in [-0.3, -0.25) is 4.79 Å². The molecule has 152 valence electrons. The molecule has 0 saturated carbocycles.